The van der Waals surface area contributed by atoms with Gasteiger partial charge in [0.25, 0.3) is 5.69 Å². The Balaban J connectivity index is 2.22. The maximum atomic E-state index is 11.2. The van der Waals surface area contributed by atoms with Crippen LogP contribution in [-0.2, 0) is 4.43 Å². The number of hydrogen-bond acceptors (Lipinski definition) is 5. The zero-order valence-corrected chi connectivity index (χ0v) is 16.1. The van der Waals surface area contributed by atoms with Gasteiger partial charge in [-0.2, -0.15) is 0 Å². The highest BCUT2D eigenvalue weighted by atomic mass is 28.4. The van der Waals surface area contributed by atoms with E-state index in [-0.39, 0.29) is 22.9 Å². The van der Waals surface area contributed by atoms with Crippen LogP contribution in [0.3, 0.4) is 0 Å². The number of rotatable bonds is 4. The van der Waals surface area contributed by atoms with Gasteiger partial charge in [-0.05, 0) is 42.6 Å². The first-order chi connectivity index (χ1) is 11.0. The molecule has 0 fully saturated rings. The van der Waals surface area contributed by atoms with Gasteiger partial charge in [0.15, 0.2) is 8.32 Å². The molecule has 2 unspecified atom stereocenters. The molecule has 1 aromatic rings. The first-order valence-electron chi connectivity index (χ1n) is 8.26. The molecular formula is C17H27N3O3Si. The van der Waals surface area contributed by atoms with Crippen LogP contribution in [0.1, 0.15) is 39.2 Å². The Morgan fingerprint density at radius 1 is 1.42 bits per heavy atom. The second-order valence-corrected chi connectivity index (χ2v) is 12.6. The Hall–Kier alpha value is -1.57. The molecule has 0 bridgehead atoms. The lowest BCUT2D eigenvalue weighted by molar-refractivity contribution is -0.385. The maximum absolute atomic E-state index is 11.2. The molecule has 2 N–H and O–H groups in total. The quantitative estimate of drug-likeness (QED) is 0.506. The van der Waals surface area contributed by atoms with Crippen LogP contribution >= 0.6 is 0 Å². The molecule has 1 aromatic heterocycles. The average Bonchev–Trinajstić information content (AvgIpc) is 2.48. The molecule has 2 atom stereocenters. The molecule has 0 amide bonds. The minimum absolute atomic E-state index is 0.0275. The van der Waals surface area contributed by atoms with Crippen LogP contribution in [-0.4, -0.2) is 30.4 Å². The van der Waals surface area contributed by atoms with E-state index in [2.05, 4.69) is 38.8 Å². The summed E-state index contributed by atoms with van der Waals surface area (Å²) < 4.78 is 6.44. The molecule has 1 aliphatic carbocycles. The van der Waals surface area contributed by atoms with Gasteiger partial charge in [0.05, 0.1) is 16.6 Å². The summed E-state index contributed by atoms with van der Waals surface area (Å²) in [5.41, 5.74) is 7.86. The van der Waals surface area contributed by atoms with Gasteiger partial charge in [-0.1, -0.05) is 26.8 Å². The van der Waals surface area contributed by atoms with E-state index in [0.29, 0.717) is 5.56 Å². The lowest BCUT2D eigenvalue weighted by Crippen LogP contribution is -2.49. The van der Waals surface area contributed by atoms with Crippen LogP contribution in [0.5, 0.6) is 0 Å². The van der Waals surface area contributed by atoms with E-state index in [1.54, 1.807) is 12.3 Å². The fourth-order valence-corrected chi connectivity index (χ4v) is 4.02. The molecule has 1 heterocycles. The molecule has 24 heavy (non-hydrogen) atoms. The van der Waals surface area contributed by atoms with Crippen LogP contribution in [0.15, 0.2) is 24.5 Å². The first-order valence-corrected chi connectivity index (χ1v) is 11.2. The number of aromatic nitrogens is 1. The van der Waals surface area contributed by atoms with Crippen molar-refractivity contribution < 1.29 is 9.35 Å². The summed E-state index contributed by atoms with van der Waals surface area (Å²) >= 11 is 0. The molecule has 7 heteroatoms. The van der Waals surface area contributed by atoms with Gasteiger partial charge >= 0.3 is 0 Å². The third kappa shape index (κ3) is 3.91. The molecule has 0 aromatic carbocycles. The molecule has 0 saturated carbocycles. The van der Waals surface area contributed by atoms with E-state index in [1.807, 2.05) is 6.08 Å². The smallest absolute Gasteiger partial charge is 0.294 e. The van der Waals surface area contributed by atoms with Crippen LogP contribution in [0, 0.1) is 10.1 Å². The molecule has 132 valence electrons. The van der Waals surface area contributed by atoms with E-state index >= 15 is 0 Å². The summed E-state index contributed by atoms with van der Waals surface area (Å²) in [6.07, 6.45) is 6.25. The van der Waals surface area contributed by atoms with Crippen molar-refractivity contribution in [2.24, 2.45) is 5.73 Å². The molecule has 0 spiro atoms. The van der Waals surface area contributed by atoms with Crippen LogP contribution in [0.4, 0.5) is 5.69 Å². The summed E-state index contributed by atoms with van der Waals surface area (Å²) in [5, 5.41) is 11.3. The van der Waals surface area contributed by atoms with Crippen LogP contribution in [0.25, 0.3) is 5.57 Å². The van der Waals surface area contributed by atoms with Crippen molar-refractivity contribution in [1.29, 1.82) is 0 Å². The highest BCUT2D eigenvalue weighted by Crippen LogP contribution is 2.40. The lowest BCUT2D eigenvalue weighted by atomic mass is 9.89. The Morgan fingerprint density at radius 3 is 2.62 bits per heavy atom. The third-order valence-corrected chi connectivity index (χ3v) is 9.62. The Bertz CT molecular complexity index is 653. The van der Waals surface area contributed by atoms with Gasteiger partial charge in [-0.3, -0.25) is 15.1 Å². The van der Waals surface area contributed by atoms with Crippen LogP contribution in [0.2, 0.25) is 18.1 Å². The summed E-state index contributed by atoms with van der Waals surface area (Å²) in [5.74, 6) is 0. The largest absolute Gasteiger partial charge is 0.412 e. The molecule has 0 saturated heterocycles. The van der Waals surface area contributed by atoms with E-state index < -0.39 is 13.2 Å². The average molecular weight is 350 g/mol. The molecule has 6 nitrogen and oxygen atoms in total. The molecule has 0 aliphatic heterocycles. The van der Waals surface area contributed by atoms with E-state index in [9.17, 15) is 10.1 Å². The fraction of sp³-hybridized carbons (Fsp3) is 0.588. The second-order valence-electron chi connectivity index (χ2n) is 7.87. The standard InChI is InChI=1S/C17H27N3O3Si/c1-17(2,3)24(4,5)23-16-7-6-12(10-14(16)18)13-8-9-19-11-15(13)20(21)22/h8-11,14,16H,6-7,18H2,1-5H3. The van der Waals surface area contributed by atoms with Crippen molar-refractivity contribution in [2.75, 3.05) is 0 Å². The number of pyridine rings is 1. The zero-order chi connectivity index (χ0) is 18.1. The summed E-state index contributed by atoms with van der Waals surface area (Å²) in [6, 6.07) is 1.43. The summed E-state index contributed by atoms with van der Waals surface area (Å²) in [6.45, 7) is 11.0. The van der Waals surface area contributed by atoms with Crippen molar-refractivity contribution in [3.8, 4) is 0 Å². The SMILES string of the molecule is CC(C)(C)[Si](C)(C)OC1CCC(c2ccncc2[N+](=O)[O-])=CC1N. The maximum Gasteiger partial charge on any atom is 0.294 e. The van der Waals surface area contributed by atoms with Gasteiger partial charge in [-0.25, -0.2) is 0 Å². The predicted molar refractivity (Wildman–Crippen MR) is 98.1 cm³/mol. The van der Waals surface area contributed by atoms with Crippen molar-refractivity contribution in [3.63, 3.8) is 0 Å². The fourth-order valence-electron chi connectivity index (χ4n) is 2.63. The molecule has 2 rings (SSSR count). The number of nitrogens with zero attached hydrogens (tertiary/aromatic N) is 2. The summed E-state index contributed by atoms with van der Waals surface area (Å²) in [4.78, 5) is 14.7. The lowest BCUT2D eigenvalue weighted by Gasteiger charge is -2.41. The first kappa shape index (κ1) is 18.8. The predicted octanol–water partition coefficient (Wildman–Crippen LogP) is 3.88. The monoisotopic (exact) mass is 349 g/mol. The highest BCUT2D eigenvalue weighted by molar-refractivity contribution is 6.74. The molecular weight excluding hydrogens is 322 g/mol. The second kappa shape index (κ2) is 6.74. The van der Waals surface area contributed by atoms with Crippen molar-refractivity contribution in [1.82, 2.24) is 4.98 Å². The summed E-state index contributed by atoms with van der Waals surface area (Å²) in [7, 11) is -1.89. The van der Waals surface area contributed by atoms with Gasteiger partial charge in [0, 0.05) is 12.2 Å². The Morgan fingerprint density at radius 2 is 2.08 bits per heavy atom. The Labute approximate surface area is 144 Å². The normalized spacial score (nSPS) is 22.2. The number of allylic oxidation sites excluding steroid dienone is 1. The topological polar surface area (TPSA) is 91.3 Å². The number of nitro groups is 1. The van der Waals surface area contributed by atoms with E-state index in [4.69, 9.17) is 10.2 Å². The van der Waals surface area contributed by atoms with Crippen molar-refractivity contribution in [3.05, 3.63) is 40.2 Å². The van der Waals surface area contributed by atoms with Crippen molar-refractivity contribution >= 4 is 19.6 Å². The zero-order valence-electron chi connectivity index (χ0n) is 15.1. The molecule has 0 radical (unpaired) electrons. The van der Waals surface area contributed by atoms with Gasteiger partial charge in [0.1, 0.15) is 6.20 Å². The number of nitrogens with two attached hydrogens (primary N) is 1. The highest BCUT2D eigenvalue weighted by Gasteiger charge is 2.40. The van der Waals surface area contributed by atoms with Gasteiger partial charge in [-0.15, -0.1) is 0 Å². The third-order valence-electron chi connectivity index (χ3n) is 5.12. The minimum Gasteiger partial charge on any atom is -0.412 e. The van der Waals surface area contributed by atoms with Crippen LogP contribution < -0.4 is 5.73 Å². The van der Waals surface area contributed by atoms with Gasteiger partial charge < -0.3 is 10.2 Å². The van der Waals surface area contributed by atoms with E-state index in [1.165, 1.54) is 6.20 Å². The minimum atomic E-state index is -1.89. The molecule has 1 aliphatic rings. The Kier molecular flexibility index (Phi) is 5.27. The number of hydrogen-bond donors (Lipinski definition) is 1. The van der Waals surface area contributed by atoms with Crippen molar-refractivity contribution in [2.45, 2.75) is 63.9 Å². The van der Waals surface area contributed by atoms with Gasteiger partial charge in [0.2, 0.25) is 0 Å². The van der Waals surface area contributed by atoms with E-state index in [0.717, 1.165) is 18.4 Å².